The molecule has 4 heteroatoms. The smallest absolute Gasteiger partial charge is 0.129 e. The molecule has 21 heavy (non-hydrogen) atoms. The van der Waals surface area contributed by atoms with Gasteiger partial charge in [-0.25, -0.2) is 0 Å². The zero-order valence-corrected chi connectivity index (χ0v) is 13.3. The Labute approximate surface area is 130 Å². The molecule has 0 fully saturated rings. The van der Waals surface area contributed by atoms with Crippen LogP contribution in [0.25, 0.3) is 0 Å². The Hall–Kier alpha value is -2.07. The minimum Gasteiger partial charge on any atom is -0.496 e. The van der Waals surface area contributed by atoms with Gasteiger partial charge in [-0.15, -0.1) is 0 Å². The Kier molecular flexibility index (Phi) is 4.81. The molecule has 0 aliphatic heterocycles. The van der Waals surface area contributed by atoms with Crippen molar-refractivity contribution in [3.8, 4) is 11.5 Å². The molecule has 0 heterocycles. The number of ether oxygens (including phenoxy) is 2. The number of methoxy groups -OCH3 is 1. The molecule has 2 aromatic rings. The number of benzene rings is 2. The fourth-order valence-corrected chi connectivity index (χ4v) is 2.38. The van der Waals surface area contributed by atoms with Gasteiger partial charge >= 0.3 is 0 Å². The van der Waals surface area contributed by atoms with Gasteiger partial charge in [-0.2, -0.15) is 0 Å². The number of thiocarbonyl (C=S) groups is 1. The fourth-order valence-electron chi connectivity index (χ4n) is 2.22. The van der Waals surface area contributed by atoms with Crippen molar-refractivity contribution in [1.29, 1.82) is 0 Å². The van der Waals surface area contributed by atoms with Crippen LogP contribution >= 0.6 is 12.2 Å². The van der Waals surface area contributed by atoms with E-state index in [-0.39, 0.29) is 0 Å². The van der Waals surface area contributed by atoms with Gasteiger partial charge in [0.25, 0.3) is 0 Å². The minimum absolute atomic E-state index is 0.320. The van der Waals surface area contributed by atoms with Crippen LogP contribution in [0, 0.1) is 13.8 Å². The van der Waals surface area contributed by atoms with Gasteiger partial charge in [0.1, 0.15) is 23.1 Å². The van der Waals surface area contributed by atoms with Gasteiger partial charge in [0.05, 0.1) is 12.7 Å². The maximum Gasteiger partial charge on any atom is 0.129 e. The average Bonchev–Trinajstić information content (AvgIpc) is 2.43. The van der Waals surface area contributed by atoms with Crippen LogP contribution in [-0.2, 0) is 6.61 Å². The number of nitrogens with two attached hydrogens (primary N) is 1. The maximum absolute atomic E-state index is 5.84. The monoisotopic (exact) mass is 301 g/mol. The lowest BCUT2D eigenvalue weighted by molar-refractivity contribution is 0.305. The molecule has 0 saturated heterocycles. The second-order valence-corrected chi connectivity index (χ2v) is 5.45. The third-order valence-electron chi connectivity index (χ3n) is 3.13. The van der Waals surface area contributed by atoms with E-state index in [1.165, 1.54) is 11.1 Å². The summed E-state index contributed by atoms with van der Waals surface area (Å²) in [7, 11) is 1.60. The van der Waals surface area contributed by atoms with Crippen molar-refractivity contribution in [3.05, 3.63) is 58.7 Å². The molecular weight excluding hydrogens is 282 g/mol. The van der Waals surface area contributed by atoms with E-state index in [4.69, 9.17) is 27.4 Å². The molecule has 2 rings (SSSR count). The van der Waals surface area contributed by atoms with Crippen molar-refractivity contribution < 1.29 is 9.47 Å². The van der Waals surface area contributed by atoms with E-state index in [0.29, 0.717) is 17.3 Å². The SMILES string of the molecule is COc1ccc(COc2cc(C)cc(C)c2)cc1C(N)=S. The average molecular weight is 301 g/mol. The summed E-state index contributed by atoms with van der Waals surface area (Å²) in [6, 6.07) is 11.9. The molecule has 0 radical (unpaired) electrons. The second kappa shape index (κ2) is 6.59. The summed E-state index contributed by atoms with van der Waals surface area (Å²) in [5, 5.41) is 0. The summed E-state index contributed by atoms with van der Waals surface area (Å²) in [5.41, 5.74) is 9.81. The molecule has 0 atom stereocenters. The predicted octanol–water partition coefficient (Wildman–Crippen LogP) is 3.53. The van der Waals surface area contributed by atoms with Crippen LogP contribution in [0.1, 0.15) is 22.3 Å². The normalized spacial score (nSPS) is 10.2. The molecule has 0 unspecified atom stereocenters. The van der Waals surface area contributed by atoms with Crippen LogP contribution in [-0.4, -0.2) is 12.1 Å². The highest BCUT2D eigenvalue weighted by molar-refractivity contribution is 7.80. The molecule has 3 nitrogen and oxygen atoms in total. The van der Waals surface area contributed by atoms with Crippen molar-refractivity contribution in [3.63, 3.8) is 0 Å². The van der Waals surface area contributed by atoms with Crippen LogP contribution in [0.2, 0.25) is 0 Å². The minimum atomic E-state index is 0.320. The number of rotatable bonds is 5. The first-order chi connectivity index (χ1) is 9.99. The van der Waals surface area contributed by atoms with Gasteiger partial charge in [-0.3, -0.25) is 0 Å². The van der Waals surface area contributed by atoms with Crippen molar-refractivity contribution in [2.75, 3.05) is 7.11 Å². The first-order valence-electron chi connectivity index (χ1n) is 6.67. The molecule has 0 saturated carbocycles. The van der Waals surface area contributed by atoms with Crippen molar-refractivity contribution in [1.82, 2.24) is 0 Å². The molecule has 110 valence electrons. The fraction of sp³-hybridized carbons (Fsp3) is 0.235. The first kappa shape index (κ1) is 15.3. The highest BCUT2D eigenvalue weighted by Crippen LogP contribution is 2.22. The lowest BCUT2D eigenvalue weighted by atomic mass is 10.1. The van der Waals surface area contributed by atoms with Crippen LogP contribution < -0.4 is 15.2 Å². The third-order valence-corrected chi connectivity index (χ3v) is 3.35. The molecule has 2 aromatic carbocycles. The predicted molar refractivity (Wildman–Crippen MR) is 89.1 cm³/mol. The lowest BCUT2D eigenvalue weighted by Gasteiger charge is -2.11. The standard InChI is InChI=1S/C17H19NO2S/c1-11-6-12(2)8-14(7-11)20-10-13-4-5-16(19-3)15(9-13)17(18)21/h4-9H,10H2,1-3H3,(H2,18,21). The number of hydrogen-bond acceptors (Lipinski definition) is 3. The van der Waals surface area contributed by atoms with Gasteiger partial charge in [0.2, 0.25) is 0 Å². The molecule has 0 bridgehead atoms. The van der Waals surface area contributed by atoms with Crippen LogP contribution in [0.4, 0.5) is 0 Å². The molecule has 0 aliphatic carbocycles. The van der Waals surface area contributed by atoms with Gasteiger partial charge < -0.3 is 15.2 Å². The zero-order valence-electron chi connectivity index (χ0n) is 12.5. The van der Waals surface area contributed by atoms with Crippen LogP contribution in [0.3, 0.4) is 0 Å². The van der Waals surface area contributed by atoms with Crippen LogP contribution in [0.15, 0.2) is 36.4 Å². The highest BCUT2D eigenvalue weighted by Gasteiger charge is 2.07. The van der Waals surface area contributed by atoms with Crippen LogP contribution in [0.5, 0.6) is 11.5 Å². The lowest BCUT2D eigenvalue weighted by Crippen LogP contribution is -2.12. The largest absolute Gasteiger partial charge is 0.496 e. The van der Waals surface area contributed by atoms with Gasteiger partial charge in [0, 0.05) is 0 Å². The summed E-state index contributed by atoms with van der Waals surface area (Å²) in [6.45, 7) is 4.57. The topological polar surface area (TPSA) is 44.5 Å². The Bertz CT molecular complexity index is 648. The van der Waals surface area contributed by atoms with Crippen molar-refractivity contribution in [2.24, 2.45) is 5.73 Å². The number of hydrogen-bond donors (Lipinski definition) is 1. The Morgan fingerprint density at radius 2 is 1.76 bits per heavy atom. The van der Waals surface area contributed by atoms with E-state index in [1.54, 1.807) is 7.11 Å². The number of aryl methyl sites for hydroxylation is 2. The summed E-state index contributed by atoms with van der Waals surface area (Å²) in [6.07, 6.45) is 0. The molecule has 0 amide bonds. The molecule has 0 spiro atoms. The van der Waals surface area contributed by atoms with Gasteiger partial charge in [-0.1, -0.05) is 24.4 Å². The third kappa shape index (κ3) is 3.95. The molecule has 0 aliphatic rings. The summed E-state index contributed by atoms with van der Waals surface area (Å²) in [4.78, 5) is 0.320. The maximum atomic E-state index is 5.84. The molecule has 2 N–H and O–H groups in total. The first-order valence-corrected chi connectivity index (χ1v) is 7.08. The molecular formula is C17H19NO2S. The zero-order chi connectivity index (χ0) is 15.4. The molecule has 0 aromatic heterocycles. The Morgan fingerprint density at radius 3 is 2.33 bits per heavy atom. The van der Waals surface area contributed by atoms with E-state index in [9.17, 15) is 0 Å². The van der Waals surface area contributed by atoms with E-state index >= 15 is 0 Å². The van der Waals surface area contributed by atoms with E-state index in [0.717, 1.165) is 16.9 Å². The summed E-state index contributed by atoms with van der Waals surface area (Å²) in [5.74, 6) is 1.54. The Morgan fingerprint density at radius 1 is 1.10 bits per heavy atom. The quantitative estimate of drug-likeness (QED) is 0.858. The summed E-state index contributed by atoms with van der Waals surface area (Å²) < 4.78 is 11.1. The summed E-state index contributed by atoms with van der Waals surface area (Å²) >= 11 is 5.04. The Balaban J connectivity index is 2.16. The highest BCUT2D eigenvalue weighted by atomic mass is 32.1. The van der Waals surface area contributed by atoms with Crippen molar-refractivity contribution in [2.45, 2.75) is 20.5 Å². The van der Waals surface area contributed by atoms with Gasteiger partial charge in [-0.05, 0) is 54.8 Å². The van der Waals surface area contributed by atoms with Gasteiger partial charge in [0.15, 0.2) is 0 Å². The van der Waals surface area contributed by atoms with E-state index < -0.39 is 0 Å². The van der Waals surface area contributed by atoms with Crippen molar-refractivity contribution >= 4 is 17.2 Å². The van der Waals surface area contributed by atoms with E-state index in [2.05, 4.69) is 19.9 Å². The second-order valence-electron chi connectivity index (χ2n) is 5.01. The van der Waals surface area contributed by atoms with E-state index in [1.807, 2.05) is 30.3 Å².